The summed E-state index contributed by atoms with van der Waals surface area (Å²) in [5.74, 6) is 2.31. The number of thiazole rings is 1. The minimum Gasteiger partial charge on any atom is -0.461 e. The third-order valence-corrected chi connectivity index (χ3v) is 12.6. The van der Waals surface area contributed by atoms with Gasteiger partial charge >= 0.3 is 12.1 Å². The van der Waals surface area contributed by atoms with E-state index in [1.165, 1.54) is 11.3 Å². The van der Waals surface area contributed by atoms with Gasteiger partial charge in [0, 0.05) is 44.0 Å². The first-order chi connectivity index (χ1) is 18.9. The summed E-state index contributed by atoms with van der Waals surface area (Å²) in [7, 11) is -1.86. The van der Waals surface area contributed by atoms with Crippen molar-refractivity contribution < 1.29 is 28.2 Å². The third-order valence-electron chi connectivity index (χ3n) is 7.13. The molecule has 0 fully saturated rings. The first-order valence-corrected chi connectivity index (χ1v) is 18.5. The van der Waals surface area contributed by atoms with Gasteiger partial charge in [-0.25, -0.2) is 14.6 Å². The van der Waals surface area contributed by atoms with E-state index in [9.17, 15) is 9.59 Å². The van der Waals surface area contributed by atoms with E-state index in [-0.39, 0.29) is 35.4 Å². The molecule has 0 spiro atoms. The smallest absolute Gasteiger partial charge is 0.410 e. The van der Waals surface area contributed by atoms with Crippen molar-refractivity contribution in [2.24, 2.45) is 5.92 Å². The van der Waals surface area contributed by atoms with Crippen LogP contribution < -0.4 is 0 Å². The molecular weight excluding hydrogens is 557 g/mol. The Labute approximate surface area is 254 Å². The summed E-state index contributed by atoms with van der Waals surface area (Å²) in [4.78, 5) is 32.1. The van der Waals surface area contributed by atoms with Crippen LogP contribution in [0.5, 0.6) is 0 Å². The van der Waals surface area contributed by atoms with Gasteiger partial charge in [-0.3, -0.25) is 0 Å². The van der Waals surface area contributed by atoms with Crippen LogP contribution in [-0.4, -0.2) is 68.3 Å². The molecule has 0 saturated heterocycles. The van der Waals surface area contributed by atoms with Gasteiger partial charge in [-0.2, -0.15) is 0 Å². The van der Waals surface area contributed by atoms with Crippen LogP contribution in [-0.2, 0) is 18.6 Å². The second-order valence-corrected chi connectivity index (χ2v) is 18.8. The number of terminal acetylenes is 1. The molecule has 234 valence electrons. The molecule has 0 bridgehead atoms. The Kier molecular flexibility index (Phi) is 15.1. The average Bonchev–Trinajstić information content (AvgIpc) is 3.32. The van der Waals surface area contributed by atoms with Crippen LogP contribution in [0.15, 0.2) is 5.38 Å². The molecule has 0 saturated carbocycles. The topological polar surface area (TPSA) is 87.2 Å². The molecule has 1 aromatic heterocycles. The second-order valence-electron chi connectivity index (χ2n) is 13.1. The lowest BCUT2D eigenvalue weighted by Crippen LogP contribution is -2.47. The van der Waals surface area contributed by atoms with E-state index in [1.807, 2.05) is 20.8 Å². The van der Waals surface area contributed by atoms with Gasteiger partial charge in [0.05, 0.1) is 6.61 Å². The standard InChI is InChI=1S/C31H54N2O6SSi/c1-13-15-16-18-33(29(35)39-30(5,6)7)25(23(3)4)21-26(27-32-24(22-40-27)28(34)36-14-2)37-19-17-20-38-41(11,12)31(8,9)10/h1,22-23,25-26H,14-21H2,2-12H3/t25-,26-/m1/s1. The van der Waals surface area contributed by atoms with Crippen LogP contribution >= 0.6 is 11.3 Å². The molecule has 0 aromatic carbocycles. The van der Waals surface area contributed by atoms with Crippen LogP contribution in [0.4, 0.5) is 4.79 Å². The lowest BCUT2D eigenvalue weighted by atomic mass is 9.96. The largest absolute Gasteiger partial charge is 0.461 e. The number of ether oxygens (including phenoxy) is 3. The summed E-state index contributed by atoms with van der Waals surface area (Å²) in [5, 5.41) is 2.51. The summed E-state index contributed by atoms with van der Waals surface area (Å²) in [6, 6.07) is -0.203. The molecule has 0 aliphatic carbocycles. The Morgan fingerprint density at radius 3 is 2.32 bits per heavy atom. The minimum atomic E-state index is -1.86. The molecule has 0 radical (unpaired) electrons. The first-order valence-electron chi connectivity index (χ1n) is 14.7. The van der Waals surface area contributed by atoms with Gasteiger partial charge in [0.25, 0.3) is 0 Å². The maximum Gasteiger partial charge on any atom is 0.410 e. The fraction of sp³-hybridized carbons (Fsp3) is 0.774. The Hall–Kier alpha value is -1.93. The number of hydrogen-bond acceptors (Lipinski definition) is 8. The molecule has 10 heteroatoms. The van der Waals surface area contributed by atoms with Crippen LogP contribution in [0, 0.1) is 18.3 Å². The number of rotatable bonds is 16. The Bertz CT molecular complexity index is 990. The van der Waals surface area contributed by atoms with Crippen molar-refractivity contribution >= 4 is 31.7 Å². The van der Waals surface area contributed by atoms with Gasteiger partial charge in [-0.05, 0) is 64.6 Å². The highest BCUT2D eigenvalue weighted by molar-refractivity contribution is 7.09. The third kappa shape index (κ3) is 12.9. The van der Waals surface area contributed by atoms with Crippen LogP contribution in [0.2, 0.25) is 18.1 Å². The molecule has 0 aliphatic heterocycles. The molecule has 1 rings (SSSR count). The van der Waals surface area contributed by atoms with Crippen LogP contribution in [0.1, 0.15) is 110 Å². The van der Waals surface area contributed by atoms with Crippen molar-refractivity contribution in [1.29, 1.82) is 0 Å². The van der Waals surface area contributed by atoms with Crippen molar-refractivity contribution in [3.8, 4) is 12.3 Å². The van der Waals surface area contributed by atoms with E-state index in [4.69, 9.17) is 25.1 Å². The van der Waals surface area contributed by atoms with E-state index in [0.717, 1.165) is 6.42 Å². The fourth-order valence-corrected chi connectivity index (χ4v) is 5.78. The van der Waals surface area contributed by atoms with Crippen LogP contribution in [0.25, 0.3) is 0 Å². The highest BCUT2D eigenvalue weighted by Gasteiger charge is 2.37. The molecule has 0 aliphatic rings. The maximum atomic E-state index is 13.4. The summed E-state index contributed by atoms with van der Waals surface area (Å²) in [6.07, 6.45) is 7.15. The predicted molar refractivity (Wildman–Crippen MR) is 169 cm³/mol. The molecule has 8 nitrogen and oxygen atoms in total. The normalized spacial score (nSPS) is 13.9. The van der Waals surface area contributed by atoms with Gasteiger partial charge < -0.3 is 23.5 Å². The lowest BCUT2D eigenvalue weighted by molar-refractivity contribution is -0.0119. The molecule has 1 aromatic rings. The molecule has 0 unspecified atom stereocenters. The quantitative estimate of drug-likeness (QED) is 0.0815. The number of aromatic nitrogens is 1. The molecule has 1 heterocycles. The molecule has 41 heavy (non-hydrogen) atoms. The number of esters is 1. The van der Waals surface area contributed by atoms with Gasteiger partial charge in [0.2, 0.25) is 0 Å². The summed E-state index contributed by atoms with van der Waals surface area (Å²) in [5.41, 5.74) is -0.367. The maximum absolute atomic E-state index is 13.4. The van der Waals surface area contributed by atoms with Crippen molar-refractivity contribution in [2.45, 2.75) is 124 Å². The zero-order valence-corrected chi connectivity index (χ0v) is 29.1. The molecular formula is C31H54N2O6SSi. The predicted octanol–water partition coefficient (Wildman–Crippen LogP) is 7.85. The number of amides is 1. The van der Waals surface area contributed by atoms with Gasteiger partial charge in [-0.15, -0.1) is 23.7 Å². The highest BCUT2D eigenvalue weighted by atomic mass is 32.1. The van der Waals surface area contributed by atoms with Gasteiger partial charge in [0.15, 0.2) is 14.0 Å². The van der Waals surface area contributed by atoms with Crippen molar-refractivity contribution in [2.75, 3.05) is 26.4 Å². The monoisotopic (exact) mass is 610 g/mol. The van der Waals surface area contributed by atoms with Crippen molar-refractivity contribution in [1.82, 2.24) is 9.88 Å². The number of unbranched alkanes of at least 4 members (excludes halogenated alkanes) is 1. The van der Waals surface area contributed by atoms with Crippen molar-refractivity contribution in [3.63, 3.8) is 0 Å². The van der Waals surface area contributed by atoms with Crippen molar-refractivity contribution in [3.05, 3.63) is 16.1 Å². The van der Waals surface area contributed by atoms with E-state index in [2.05, 4.69) is 58.6 Å². The lowest BCUT2D eigenvalue weighted by Gasteiger charge is -2.37. The van der Waals surface area contributed by atoms with E-state index >= 15 is 0 Å². The number of hydrogen-bond donors (Lipinski definition) is 0. The van der Waals surface area contributed by atoms with Gasteiger partial charge in [-0.1, -0.05) is 34.6 Å². The first kappa shape index (κ1) is 37.1. The van der Waals surface area contributed by atoms with Crippen LogP contribution in [0.3, 0.4) is 0 Å². The van der Waals surface area contributed by atoms with E-state index in [0.29, 0.717) is 44.0 Å². The number of nitrogens with zero attached hydrogens (tertiary/aromatic N) is 2. The van der Waals surface area contributed by atoms with E-state index < -0.39 is 26.0 Å². The number of carbonyl (C=O) groups is 2. The Balaban J connectivity index is 3.22. The zero-order chi connectivity index (χ0) is 31.4. The summed E-state index contributed by atoms with van der Waals surface area (Å²) < 4.78 is 23.7. The highest BCUT2D eigenvalue weighted by Crippen LogP contribution is 2.37. The second kappa shape index (κ2) is 16.6. The minimum absolute atomic E-state index is 0.103. The average molecular weight is 611 g/mol. The molecule has 0 N–H and O–H groups in total. The summed E-state index contributed by atoms with van der Waals surface area (Å²) in [6.45, 7) is 24.5. The van der Waals surface area contributed by atoms with E-state index in [1.54, 1.807) is 17.2 Å². The van der Waals surface area contributed by atoms with Gasteiger partial charge in [0.1, 0.15) is 16.7 Å². The Morgan fingerprint density at radius 1 is 1.12 bits per heavy atom. The zero-order valence-electron chi connectivity index (χ0n) is 27.3. The summed E-state index contributed by atoms with van der Waals surface area (Å²) >= 11 is 1.37. The molecule has 2 atom stereocenters. The fourth-order valence-electron chi connectivity index (χ4n) is 3.85. The SMILES string of the molecule is C#CCCCN(C(=O)OC(C)(C)C)[C@H](C[C@@H](OCCCO[Si](C)(C)C(C)(C)C)c1nc(C(=O)OCC)cs1)C(C)C. The Morgan fingerprint density at radius 2 is 1.78 bits per heavy atom. The molecule has 1 amide bonds. The number of carbonyl (C=O) groups excluding carboxylic acids is 2.